The average molecular weight is 198 g/mol. The van der Waals surface area contributed by atoms with Crippen LogP contribution < -0.4 is 0 Å². The Hall–Kier alpha value is -1.10. The van der Waals surface area contributed by atoms with Gasteiger partial charge in [0.05, 0.1) is 12.7 Å². The molecule has 4 nitrogen and oxygen atoms in total. The summed E-state index contributed by atoms with van der Waals surface area (Å²) >= 11 is 0. The molecule has 0 aliphatic carbocycles. The Bertz CT molecular complexity index is 298. The lowest BCUT2D eigenvalue weighted by molar-refractivity contribution is 0.134. The summed E-state index contributed by atoms with van der Waals surface area (Å²) in [6, 6.07) is 4.51. The van der Waals surface area contributed by atoms with Crippen molar-refractivity contribution in [3.8, 4) is 5.75 Å². The number of benzene rings is 1. The zero-order valence-electron chi connectivity index (χ0n) is 7.72. The summed E-state index contributed by atoms with van der Waals surface area (Å²) in [6.07, 6.45) is -0.513. The predicted molar refractivity (Wildman–Crippen MR) is 50.7 cm³/mol. The molecule has 0 saturated carbocycles. The van der Waals surface area contributed by atoms with E-state index in [0.29, 0.717) is 11.1 Å². The van der Waals surface area contributed by atoms with Gasteiger partial charge in [-0.1, -0.05) is 6.07 Å². The summed E-state index contributed by atoms with van der Waals surface area (Å²) in [6.45, 7) is -0.373. The van der Waals surface area contributed by atoms with Gasteiger partial charge in [0.1, 0.15) is 5.75 Å². The highest BCUT2D eigenvalue weighted by Gasteiger charge is 2.09. The van der Waals surface area contributed by atoms with Crippen molar-refractivity contribution >= 4 is 0 Å². The molecule has 0 spiro atoms. The molecule has 0 radical (unpaired) electrons. The van der Waals surface area contributed by atoms with E-state index < -0.39 is 6.10 Å². The Kier molecular flexibility index (Phi) is 3.88. The summed E-state index contributed by atoms with van der Waals surface area (Å²) < 4.78 is 0. The Morgan fingerprint density at radius 1 is 1.21 bits per heavy atom. The standard InChI is InChI=1S/C10H14O4/c11-4-3-10(14)7-1-2-9(13)8(5-7)6-12/h1-2,5,10-14H,3-4,6H2. The molecule has 1 unspecified atom stereocenters. The van der Waals surface area contributed by atoms with Crippen LogP contribution in [0.15, 0.2) is 18.2 Å². The first kappa shape index (κ1) is 11.0. The highest BCUT2D eigenvalue weighted by atomic mass is 16.3. The van der Waals surface area contributed by atoms with Crippen molar-refractivity contribution < 1.29 is 20.4 Å². The molecule has 1 aromatic rings. The number of aromatic hydroxyl groups is 1. The van der Waals surface area contributed by atoms with Crippen LogP contribution in [0.1, 0.15) is 23.7 Å². The molecule has 0 aliphatic heterocycles. The van der Waals surface area contributed by atoms with E-state index in [-0.39, 0.29) is 25.4 Å². The van der Waals surface area contributed by atoms with E-state index in [1.165, 1.54) is 12.1 Å². The fraction of sp³-hybridized carbons (Fsp3) is 0.400. The molecule has 4 N–H and O–H groups in total. The van der Waals surface area contributed by atoms with Gasteiger partial charge in [0.25, 0.3) is 0 Å². The highest BCUT2D eigenvalue weighted by molar-refractivity contribution is 5.36. The molecule has 0 amide bonds. The van der Waals surface area contributed by atoms with Crippen LogP contribution in [0.25, 0.3) is 0 Å². The summed E-state index contributed by atoms with van der Waals surface area (Å²) in [5.41, 5.74) is 0.959. The maximum atomic E-state index is 9.51. The fourth-order valence-corrected chi connectivity index (χ4v) is 1.23. The minimum Gasteiger partial charge on any atom is -0.508 e. The summed E-state index contributed by atoms with van der Waals surface area (Å²) in [5.74, 6) is 0.00690. The largest absolute Gasteiger partial charge is 0.508 e. The van der Waals surface area contributed by atoms with Crippen LogP contribution in [0, 0.1) is 0 Å². The molecule has 1 atom stereocenters. The average Bonchev–Trinajstić information content (AvgIpc) is 2.19. The van der Waals surface area contributed by atoms with Crippen LogP contribution in [0.5, 0.6) is 5.75 Å². The number of hydrogen-bond donors (Lipinski definition) is 4. The normalized spacial score (nSPS) is 12.8. The van der Waals surface area contributed by atoms with Crippen LogP contribution >= 0.6 is 0 Å². The van der Waals surface area contributed by atoms with E-state index in [0.717, 1.165) is 0 Å². The number of phenols is 1. The molecule has 4 heteroatoms. The van der Waals surface area contributed by atoms with Crippen molar-refractivity contribution in [1.29, 1.82) is 0 Å². The molecule has 0 bridgehead atoms. The van der Waals surface area contributed by atoms with Crippen molar-refractivity contribution in [2.45, 2.75) is 19.1 Å². The van der Waals surface area contributed by atoms with Crippen LogP contribution in [-0.4, -0.2) is 27.0 Å². The Balaban J connectivity index is 2.88. The van der Waals surface area contributed by atoms with Crippen molar-refractivity contribution in [3.63, 3.8) is 0 Å². The van der Waals surface area contributed by atoms with E-state index in [2.05, 4.69) is 0 Å². The van der Waals surface area contributed by atoms with Crippen LogP contribution in [0.3, 0.4) is 0 Å². The predicted octanol–water partition coefficient (Wildman–Crippen LogP) is 0.300. The van der Waals surface area contributed by atoms with Crippen molar-refractivity contribution in [2.24, 2.45) is 0 Å². The fourth-order valence-electron chi connectivity index (χ4n) is 1.23. The minimum atomic E-state index is -0.758. The van der Waals surface area contributed by atoms with Crippen LogP contribution in [0.4, 0.5) is 0 Å². The van der Waals surface area contributed by atoms with Crippen LogP contribution in [-0.2, 0) is 6.61 Å². The van der Waals surface area contributed by atoms with Gasteiger partial charge in [-0.15, -0.1) is 0 Å². The molecule has 0 fully saturated rings. The van der Waals surface area contributed by atoms with Crippen molar-refractivity contribution in [2.75, 3.05) is 6.61 Å². The monoisotopic (exact) mass is 198 g/mol. The zero-order valence-corrected chi connectivity index (χ0v) is 7.72. The first-order valence-electron chi connectivity index (χ1n) is 4.40. The van der Waals surface area contributed by atoms with E-state index >= 15 is 0 Å². The maximum Gasteiger partial charge on any atom is 0.121 e. The second kappa shape index (κ2) is 4.95. The molecule has 0 aliphatic rings. The molecule has 1 rings (SSSR count). The molecule has 1 aromatic carbocycles. The van der Waals surface area contributed by atoms with E-state index in [9.17, 15) is 10.2 Å². The summed E-state index contributed by atoms with van der Waals surface area (Å²) in [7, 11) is 0. The second-order valence-electron chi connectivity index (χ2n) is 3.07. The third-order valence-electron chi connectivity index (χ3n) is 2.06. The molecular formula is C10H14O4. The zero-order chi connectivity index (χ0) is 10.6. The number of rotatable bonds is 4. The third-order valence-corrected chi connectivity index (χ3v) is 2.06. The van der Waals surface area contributed by atoms with Gasteiger partial charge in [0.15, 0.2) is 0 Å². The molecular weight excluding hydrogens is 184 g/mol. The number of hydrogen-bond acceptors (Lipinski definition) is 4. The Morgan fingerprint density at radius 3 is 2.50 bits per heavy atom. The third kappa shape index (κ3) is 2.45. The molecule has 0 aromatic heterocycles. The van der Waals surface area contributed by atoms with E-state index in [1.807, 2.05) is 0 Å². The van der Waals surface area contributed by atoms with Gasteiger partial charge in [0.2, 0.25) is 0 Å². The van der Waals surface area contributed by atoms with E-state index in [1.54, 1.807) is 6.07 Å². The first-order chi connectivity index (χ1) is 6.69. The van der Waals surface area contributed by atoms with Gasteiger partial charge in [-0.3, -0.25) is 0 Å². The van der Waals surface area contributed by atoms with Gasteiger partial charge in [0, 0.05) is 18.6 Å². The SMILES string of the molecule is OCCC(O)c1ccc(O)c(CO)c1. The molecule has 0 saturated heterocycles. The Morgan fingerprint density at radius 2 is 1.93 bits per heavy atom. The lowest BCUT2D eigenvalue weighted by Gasteiger charge is -2.11. The lowest BCUT2D eigenvalue weighted by Crippen LogP contribution is -2.01. The second-order valence-corrected chi connectivity index (χ2v) is 3.07. The van der Waals surface area contributed by atoms with Gasteiger partial charge in [-0.05, 0) is 17.7 Å². The highest BCUT2D eigenvalue weighted by Crippen LogP contribution is 2.23. The van der Waals surface area contributed by atoms with Crippen molar-refractivity contribution in [1.82, 2.24) is 0 Å². The topological polar surface area (TPSA) is 80.9 Å². The summed E-state index contributed by atoms with van der Waals surface area (Å²) in [5, 5.41) is 36.2. The number of aliphatic hydroxyl groups is 3. The summed E-state index contributed by atoms with van der Waals surface area (Å²) in [4.78, 5) is 0. The van der Waals surface area contributed by atoms with E-state index in [4.69, 9.17) is 10.2 Å². The van der Waals surface area contributed by atoms with Gasteiger partial charge < -0.3 is 20.4 Å². The maximum absolute atomic E-state index is 9.51. The number of aliphatic hydroxyl groups excluding tert-OH is 3. The smallest absolute Gasteiger partial charge is 0.121 e. The molecule has 78 valence electrons. The van der Waals surface area contributed by atoms with Gasteiger partial charge >= 0.3 is 0 Å². The van der Waals surface area contributed by atoms with Crippen molar-refractivity contribution in [3.05, 3.63) is 29.3 Å². The molecule has 0 heterocycles. The van der Waals surface area contributed by atoms with Gasteiger partial charge in [-0.2, -0.15) is 0 Å². The quantitative estimate of drug-likeness (QED) is 0.561. The minimum absolute atomic E-state index is 0.00690. The first-order valence-corrected chi connectivity index (χ1v) is 4.40. The Labute approximate surface area is 82.1 Å². The van der Waals surface area contributed by atoms with Gasteiger partial charge in [-0.25, -0.2) is 0 Å². The lowest BCUT2D eigenvalue weighted by atomic mass is 10.0. The molecule has 14 heavy (non-hydrogen) atoms. The van der Waals surface area contributed by atoms with Crippen LogP contribution in [0.2, 0.25) is 0 Å².